The summed E-state index contributed by atoms with van der Waals surface area (Å²) in [5, 5.41) is 18.4. The Morgan fingerprint density at radius 1 is 1.15 bits per heavy atom. The van der Waals surface area contributed by atoms with Crippen molar-refractivity contribution in [1.29, 1.82) is 0 Å². The molecule has 7 nitrogen and oxygen atoms in total. The molecule has 2 aromatic carbocycles. The van der Waals surface area contributed by atoms with Crippen LogP contribution in [0, 0.1) is 12.3 Å². The molecule has 0 aromatic heterocycles. The Morgan fingerprint density at radius 3 is 2.44 bits per heavy atom. The predicted octanol–water partition coefficient (Wildman–Crippen LogP) is 1.73. The van der Waals surface area contributed by atoms with Crippen LogP contribution in [0.1, 0.15) is 17.0 Å². The molecular weight excluding hydrogens is 372 g/mol. The number of hydrogen-bond acceptors (Lipinski definition) is 6. The Morgan fingerprint density at radius 2 is 1.81 bits per heavy atom. The summed E-state index contributed by atoms with van der Waals surface area (Å²) in [5.74, 6) is -1.28. The molecule has 1 heterocycles. The number of sulfone groups is 1. The zero-order chi connectivity index (χ0) is 19.4. The van der Waals surface area contributed by atoms with E-state index >= 15 is 0 Å². The third kappa shape index (κ3) is 2.51. The van der Waals surface area contributed by atoms with Gasteiger partial charge in [0.25, 0.3) is 0 Å². The highest BCUT2D eigenvalue weighted by Gasteiger charge is 2.75. The lowest BCUT2D eigenvalue weighted by Crippen LogP contribution is -2.27. The molecule has 2 aliphatic rings. The molecule has 2 aromatic rings. The van der Waals surface area contributed by atoms with Crippen molar-refractivity contribution in [3.05, 3.63) is 53.6 Å². The topological polar surface area (TPSA) is 110 Å². The number of aliphatic hydroxyl groups is 1. The van der Waals surface area contributed by atoms with Gasteiger partial charge in [-0.25, -0.2) is 8.42 Å². The van der Waals surface area contributed by atoms with Crippen molar-refractivity contribution in [1.82, 2.24) is 0 Å². The lowest BCUT2D eigenvalue weighted by atomic mass is 10.00. The number of hydrogen-bond donors (Lipinski definition) is 2. The molecule has 0 amide bonds. The Bertz CT molecular complexity index is 1010. The van der Waals surface area contributed by atoms with Crippen molar-refractivity contribution >= 4 is 15.8 Å². The van der Waals surface area contributed by atoms with E-state index in [0.29, 0.717) is 17.1 Å². The minimum absolute atomic E-state index is 0.0421. The standard InChI is InChI=1S/C19H18O7S/c1-11-2-5-13(6-3-11)27(23,24)17-16(19(17,9-20)18(21)22)12-4-7-14-15(8-12)26-10-25-14/h2-8,16-17,20H,9-10H2,1H3,(H,21,22)/t16-,17-,19+/m0/s1. The summed E-state index contributed by atoms with van der Waals surface area (Å²) in [6, 6.07) is 11.1. The highest BCUT2D eigenvalue weighted by molar-refractivity contribution is 7.92. The number of carboxylic acids is 1. The molecule has 142 valence electrons. The molecule has 3 atom stereocenters. The number of ether oxygens (including phenoxy) is 2. The first-order valence-corrected chi connectivity index (χ1v) is 9.91. The first-order chi connectivity index (χ1) is 12.8. The zero-order valence-electron chi connectivity index (χ0n) is 14.5. The summed E-state index contributed by atoms with van der Waals surface area (Å²) in [5.41, 5.74) is -0.419. The zero-order valence-corrected chi connectivity index (χ0v) is 15.3. The van der Waals surface area contributed by atoms with Crippen molar-refractivity contribution in [3.63, 3.8) is 0 Å². The molecule has 0 spiro atoms. The van der Waals surface area contributed by atoms with Crippen molar-refractivity contribution < 1.29 is 32.9 Å². The maximum Gasteiger partial charge on any atom is 0.314 e. The second-order valence-corrected chi connectivity index (χ2v) is 8.94. The van der Waals surface area contributed by atoms with E-state index in [1.165, 1.54) is 12.1 Å². The molecule has 0 bridgehead atoms. The third-order valence-electron chi connectivity index (χ3n) is 5.36. The van der Waals surface area contributed by atoms with Crippen molar-refractivity contribution in [2.45, 2.75) is 23.0 Å². The number of fused-ring (bicyclic) bond motifs is 1. The molecule has 0 radical (unpaired) electrons. The minimum Gasteiger partial charge on any atom is -0.481 e. The van der Waals surface area contributed by atoms with Gasteiger partial charge in [0.05, 0.1) is 16.8 Å². The van der Waals surface area contributed by atoms with E-state index in [2.05, 4.69) is 0 Å². The van der Waals surface area contributed by atoms with Crippen molar-refractivity contribution in [3.8, 4) is 11.5 Å². The number of aliphatic carboxylic acids is 1. The van der Waals surface area contributed by atoms with Gasteiger partial charge in [0.15, 0.2) is 21.3 Å². The maximum absolute atomic E-state index is 13.2. The van der Waals surface area contributed by atoms with Gasteiger partial charge >= 0.3 is 5.97 Å². The lowest BCUT2D eigenvalue weighted by molar-refractivity contribution is -0.145. The quantitative estimate of drug-likeness (QED) is 0.800. The minimum atomic E-state index is -3.97. The van der Waals surface area contributed by atoms with Gasteiger partial charge < -0.3 is 19.7 Å². The first-order valence-electron chi connectivity index (χ1n) is 8.37. The summed E-state index contributed by atoms with van der Waals surface area (Å²) in [7, 11) is -3.97. The molecule has 1 saturated carbocycles. The largest absolute Gasteiger partial charge is 0.481 e. The molecule has 1 aliphatic carbocycles. The Hall–Kier alpha value is -2.58. The van der Waals surface area contributed by atoms with Crippen LogP contribution in [0.15, 0.2) is 47.4 Å². The van der Waals surface area contributed by atoms with Gasteiger partial charge in [-0.15, -0.1) is 0 Å². The van der Waals surface area contributed by atoms with Crippen LogP contribution in [-0.4, -0.2) is 43.2 Å². The van der Waals surface area contributed by atoms with E-state index in [0.717, 1.165) is 5.56 Å². The highest BCUT2D eigenvalue weighted by Crippen LogP contribution is 2.64. The van der Waals surface area contributed by atoms with Gasteiger partial charge in [-0.3, -0.25) is 4.79 Å². The number of benzene rings is 2. The normalized spacial score (nSPS) is 26.0. The fraction of sp³-hybridized carbons (Fsp3) is 0.316. The monoisotopic (exact) mass is 390 g/mol. The van der Waals surface area contributed by atoms with Crippen LogP contribution in [-0.2, 0) is 14.6 Å². The van der Waals surface area contributed by atoms with E-state index in [1.807, 2.05) is 6.92 Å². The molecule has 8 heteroatoms. The summed E-state index contributed by atoms with van der Waals surface area (Å²) in [6.45, 7) is 1.11. The van der Waals surface area contributed by atoms with Crippen LogP contribution in [0.2, 0.25) is 0 Å². The SMILES string of the molecule is Cc1ccc(S(=O)(=O)[C@H]2[C@H](c3ccc4c(c3)OCO4)[C@@]2(CO)C(=O)O)cc1. The number of aryl methyl sites for hydroxylation is 1. The smallest absolute Gasteiger partial charge is 0.314 e. The van der Waals surface area contributed by atoms with Gasteiger partial charge in [-0.2, -0.15) is 0 Å². The average Bonchev–Trinajstić information content (AvgIpc) is 3.15. The number of rotatable bonds is 5. The van der Waals surface area contributed by atoms with Gasteiger partial charge in [0.1, 0.15) is 5.41 Å². The Balaban J connectivity index is 1.80. The molecular formula is C19H18O7S. The molecule has 2 N–H and O–H groups in total. The molecule has 0 saturated heterocycles. The van der Waals surface area contributed by atoms with Crippen LogP contribution < -0.4 is 9.47 Å². The van der Waals surface area contributed by atoms with Crippen LogP contribution in [0.4, 0.5) is 0 Å². The van der Waals surface area contributed by atoms with E-state index < -0.39 is 39.0 Å². The number of aliphatic hydroxyl groups excluding tert-OH is 1. The summed E-state index contributed by atoms with van der Waals surface area (Å²) >= 11 is 0. The van der Waals surface area contributed by atoms with Crippen LogP contribution in [0.5, 0.6) is 11.5 Å². The average molecular weight is 390 g/mol. The fourth-order valence-electron chi connectivity index (χ4n) is 3.82. The maximum atomic E-state index is 13.2. The summed E-state index contributed by atoms with van der Waals surface area (Å²) < 4.78 is 36.9. The molecule has 1 aliphatic heterocycles. The Kier molecular flexibility index (Phi) is 3.94. The van der Waals surface area contributed by atoms with E-state index in [4.69, 9.17) is 9.47 Å². The van der Waals surface area contributed by atoms with Crippen molar-refractivity contribution in [2.75, 3.05) is 13.4 Å². The molecule has 27 heavy (non-hydrogen) atoms. The predicted molar refractivity (Wildman–Crippen MR) is 94.6 cm³/mol. The second-order valence-electron chi connectivity index (χ2n) is 6.87. The van der Waals surface area contributed by atoms with E-state index in [9.17, 15) is 23.4 Å². The van der Waals surface area contributed by atoms with Crippen LogP contribution in [0.3, 0.4) is 0 Å². The highest BCUT2D eigenvalue weighted by atomic mass is 32.2. The third-order valence-corrected chi connectivity index (χ3v) is 7.65. The van der Waals surface area contributed by atoms with E-state index in [-0.39, 0.29) is 11.7 Å². The summed E-state index contributed by atoms with van der Waals surface area (Å²) in [4.78, 5) is 12.0. The second kappa shape index (κ2) is 5.97. The number of carboxylic acid groups (broad SMARTS) is 1. The molecule has 1 fully saturated rings. The van der Waals surface area contributed by atoms with Gasteiger partial charge in [0.2, 0.25) is 6.79 Å². The van der Waals surface area contributed by atoms with Crippen molar-refractivity contribution in [2.24, 2.45) is 5.41 Å². The fourth-order valence-corrected chi connectivity index (χ4v) is 6.19. The molecule has 0 unspecified atom stereocenters. The van der Waals surface area contributed by atoms with Gasteiger partial charge in [0, 0.05) is 5.92 Å². The molecule has 4 rings (SSSR count). The van der Waals surface area contributed by atoms with Crippen LogP contribution >= 0.6 is 0 Å². The summed E-state index contributed by atoms with van der Waals surface area (Å²) in [6.07, 6.45) is 0. The van der Waals surface area contributed by atoms with E-state index in [1.54, 1.807) is 30.3 Å². The number of carbonyl (C=O) groups is 1. The van der Waals surface area contributed by atoms with Crippen LogP contribution in [0.25, 0.3) is 0 Å². The first kappa shape index (κ1) is 17.8. The van der Waals surface area contributed by atoms with Gasteiger partial charge in [-0.1, -0.05) is 23.8 Å². The van der Waals surface area contributed by atoms with Gasteiger partial charge in [-0.05, 0) is 36.8 Å². The lowest BCUT2D eigenvalue weighted by Gasteiger charge is -2.10. The Labute approximate surface area is 156 Å².